The Hall–Kier alpha value is -2.41. The zero-order valence-corrected chi connectivity index (χ0v) is 20.3. The Bertz CT molecular complexity index is 1050. The van der Waals surface area contributed by atoms with Crippen LogP contribution in [0.4, 0.5) is 0 Å². The molecule has 0 aliphatic carbocycles. The van der Waals surface area contributed by atoms with Crippen LogP contribution in [0.2, 0.25) is 0 Å². The number of rotatable bonds is 4. The monoisotopic (exact) mass is 522 g/mol. The Morgan fingerprint density at radius 2 is 0.900 bits per heavy atom. The zero-order chi connectivity index (χ0) is 21.4. The Kier molecular flexibility index (Phi) is 7.85. The van der Waals surface area contributed by atoms with Crippen LogP contribution in [0.5, 0.6) is 0 Å². The van der Waals surface area contributed by atoms with Crippen LogP contribution in [0.15, 0.2) is 120 Å². The Balaban J connectivity index is 0.000000199. The summed E-state index contributed by atoms with van der Waals surface area (Å²) < 4.78 is 35.8. The molecule has 0 saturated carbocycles. The van der Waals surface area contributed by atoms with Gasteiger partial charge in [-0.1, -0.05) is 17.7 Å². The molecule has 0 aromatic heterocycles. The number of benzene rings is 4. The third-order valence-electron chi connectivity index (χ3n) is 4.50. The summed E-state index contributed by atoms with van der Waals surface area (Å²) >= 11 is -1.98. The molecule has 3 nitrogen and oxygen atoms in total. The van der Waals surface area contributed by atoms with E-state index in [2.05, 4.69) is 91.0 Å². The average Bonchev–Trinajstić information content (AvgIpc) is 2.76. The van der Waals surface area contributed by atoms with E-state index in [4.69, 9.17) is 0 Å². The second-order valence-corrected chi connectivity index (χ2v) is 15.2. The van der Waals surface area contributed by atoms with Crippen molar-refractivity contribution in [1.82, 2.24) is 0 Å². The normalized spacial score (nSPS) is 10.6. The van der Waals surface area contributed by atoms with Crippen molar-refractivity contribution in [2.75, 3.05) is 0 Å². The molecule has 0 heterocycles. The van der Waals surface area contributed by atoms with Crippen LogP contribution >= 0.6 is 0 Å². The first-order chi connectivity index (χ1) is 14.4. The quantitative estimate of drug-likeness (QED) is 0.307. The Morgan fingerprint density at radius 3 is 1.20 bits per heavy atom. The maximum absolute atomic E-state index is 10.4. The van der Waals surface area contributed by atoms with Crippen molar-refractivity contribution in [2.24, 2.45) is 0 Å². The molecule has 0 spiro atoms. The third kappa shape index (κ3) is 6.29. The molecular weight excluding hydrogens is 499 g/mol. The number of hydrogen-bond acceptors (Lipinski definition) is 3. The van der Waals surface area contributed by atoms with Gasteiger partial charge < -0.3 is 4.55 Å². The second-order valence-electron chi connectivity index (χ2n) is 6.74. The summed E-state index contributed by atoms with van der Waals surface area (Å²) in [5.74, 6) is 0. The molecule has 0 unspecified atom stereocenters. The van der Waals surface area contributed by atoms with Gasteiger partial charge >= 0.3 is 121 Å². The molecule has 0 amide bonds. The molecular formula is C25H22O3SSn. The van der Waals surface area contributed by atoms with E-state index in [9.17, 15) is 13.0 Å². The Morgan fingerprint density at radius 1 is 0.567 bits per heavy atom. The summed E-state index contributed by atoms with van der Waals surface area (Å²) in [4.78, 5) is -0.178. The first kappa shape index (κ1) is 22.3. The van der Waals surface area contributed by atoms with Crippen molar-refractivity contribution in [1.29, 1.82) is 0 Å². The molecule has 0 bridgehead atoms. The van der Waals surface area contributed by atoms with E-state index >= 15 is 0 Å². The van der Waals surface area contributed by atoms with Crippen LogP contribution in [0, 0.1) is 6.92 Å². The second kappa shape index (κ2) is 10.6. The molecule has 0 saturated heterocycles. The van der Waals surface area contributed by atoms with E-state index < -0.39 is 29.9 Å². The fourth-order valence-corrected chi connectivity index (χ4v) is 10.8. The van der Waals surface area contributed by atoms with Crippen LogP contribution in [0.1, 0.15) is 5.56 Å². The predicted octanol–water partition coefficient (Wildman–Crippen LogP) is 3.10. The molecule has 4 aromatic carbocycles. The van der Waals surface area contributed by atoms with Gasteiger partial charge in [-0.2, -0.15) is 0 Å². The molecule has 30 heavy (non-hydrogen) atoms. The van der Waals surface area contributed by atoms with Crippen LogP contribution in [-0.4, -0.2) is 32.7 Å². The molecule has 0 N–H and O–H groups in total. The van der Waals surface area contributed by atoms with Gasteiger partial charge in [0.05, 0.1) is 4.90 Å². The van der Waals surface area contributed by atoms with E-state index in [1.807, 2.05) is 6.92 Å². The summed E-state index contributed by atoms with van der Waals surface area (Å²) in [6.07, 6.45) is 0. The SMILES string of the molecule is Cc1ccc(S(=O)(=O)[O-])cc1.c1cc[c]([Sn+]([c]2ccccc2)[c]2ccccc2)cc1. The van der Waals surface area contributed by atoms with E-state index in [1.54, 1.807) is 12.1 Å². The molecule has 0 aliphatic rings. The van der Waals surface area contributed by atoms with Crippen LogP contribution in [-0.2, 0) is 10.1 Å². The van der Waals surface area contributed by atoms with Gasteiger partial charge in [-0.05, 0) is 19.1 Å². The Labute approximate surface area is 185 Å². The van der Waals surface area contributed by atoms with Crippen molar-refractivity contribution in [3.05, 3.63) is 121 Å². The minimum absolute atomic E-state index is 0.178. The summed E-state index contributed by atoms with van der Waals surface area (Å²) in [6, 6.07) is 38.7. The fourth-order valence-electron chi connectivity index (χ4n) is 3.02. The van der Waals surface area contributed by atoms with Gasteiger partial charge in [0, 0.05) is 0 Å². The molecule has 150 valence electrons. The molecule has 5 heteroatoms. The molecule has 4 aromatic rings. The first-order valence-corrected chi connectivity index (χ1v) is 15.2. The van der Waals surface area contributed by atoms with Crippen LogP contribution < -0.4 is 10.7 Å². The third-order valence-corrected chi connectivity index (χ3v) is 13.1. The maximum atomic E-state index is 10.4. The minimum atomic E-state index is -4.27. The predicted molar refractivity (Wildman–Crippen MR) is 123 cm³/mol. The van der Waals surface area contributed by atoms with Crippen molar-refractivity contribution in [3.63, 3.8) is 0 Å². The zero-order valence-electron chi connectivity index (χ0n) is 16.6. The fraction of sp³-hybridized carbons (Fsp3) is 0.0400. The summed E-state index contributed by atoms with van der Waals surface area (Å²) in [6.45, 7) is 1.82. The van der Waals surface area contributed by atoms with E-state index in [0.29, 0.717) is 0 Å². The molecule has 0 radical (unpaired) electrons. The molecule has 0 aliphatic heterocycles. The standard InChI is InChI=1S/C7H8O3S.3C6H5.Sn/c1-6-2-4-7(5-3-6)11(8,9)10;3*1-2-4-6-5-3-1;/h2-5H,1H3,(H,8,9,10);3*1-5H;/q;;;;+1/p-1. The van der Waals surface area contributed by atoms with Gasteiger partial charge in [0.2, 0.25) is 0 Å². The van der Waals surface area contributed by atoms with Crippen LogP contribution in [0.3, 0.4) is 0 Å². The summed E-state index contributed by atoms with van der Waals surface area (Å²) in [5.41, 5.74) is 0.928. The number of aryl methyl sites for hydroxylation is 1. The van der Waals surface area contributed by atoms with Crippen molar-refractivity contribution in [3.8, 4) is 0 Å². The van der Waals surface area contributed by atoms with Gasteiger partial charge in [-0.25, -0.2) is 8.42 Å². The van der Waals surface area contributed by atoms with E-state index in [0.717, 1.165) is 5.56 Å². The van der Waals surface area contributed by atoms with E-state index in [1.165, 1.54) is 22.9 Å². The van der Waals surface area contributed by atoms with Crippen molar-refractivity contribution in [2.45, 2.75) is 11.8 Å². The number of hydrogen-bond donors (Lipinski definition) is 0. The average molecular weight is 521 g/mol. The first-order valence-electron chi connectivity index (χ1n) is 9.51. The van der Waals surface area contributed by atoms with Crippen LogP contribution in [0.25, 0.3) is 0 Å². The summed E-state index contributed by atoms with van der Waals surface area (Å²) in [7, 11) is -4.27. The van der Waals surface area contributed by atoms with Crippen molar-refractivity contribution < 1.29 is 13.0 Å². The molecule has 0 atom stereocenters. The van der Waals surface area contributed by atoms with E-state index in [-0.39, 0.29) is 4.90 Å². The van der Waals surface area contributed by atoms with Gasteiger partial charge in [-0.15, -0.1) is 0 Å². The topological polar surface area (TPSA) is 57.2 Å². The van der Waals surface area contributed by atoms with Gasteiger partial charge in [0.1, 0.15) is 10.1 Å². The molecule has 0 fully saturated rings. The van der Waals surface area contributed by atoms with Gasteiger partial charge in [0.25, 0.3) is 0 Å². The van der Waals surface area contributed by atoms with Gasteiger partial charge in [0.15, 0.2) is 0 Å². The summed E-state index contributed by atoms with van der Waals surface area (Å²) in [5, 5.41) is 0. The van der Waals surface area contributed by atoms with Crippen molar-refractivity contribution >= 4 is 40.6 Å². The van der Waals surface area contributed by atoms with Gasteiger partial charge in [-0.3, -0.25) is 0 Å². The molecule has 4 rings (SSSR count).